The van der Waals surface area contributed by atoms with Gasteiger partial charge in [-0.2, -0.15) is 0 Å². The minimum atomic E-state index is -0.957. The molecular formula is C20H15N3O2S. The number of carboxylic acids is 1. The summed E-state index contributed by atoms with van der Waals surface area (Å²) in [4.78, 5) is 20.9. The maximum Gasteiger partial charge on any atom is 0.335 e. The van der Waals surface area contributed by atoms with E-state index in [1.54, 1.807) is 29.5 Å². The molecule has 0 saturated heterocycles. The fourth-order valence-electron chi connectivity index (χ4n) is 2.82. The van der Waals surface area contributed by atoms with E-state index in [4.69, 9.17) is 0 Å². The lowest BCUT2D eigenvalue weighted by Crippen LogP contribution is -2.01. The molecular weight excluding hydrogens is 346 g/mol. The number of aromatic nitrogens is 2. The van der Waals surface area contributed by atoms with Gasteiger partial charge < -0.3 is 10.4 Å². The molecule has 5 nitrogen and oxygen atoms in total. The molecule has 0 aliphatic heterocycles. The molecule has 0 aliphatic rings. The van der Waals surface area contributed by atoms with E-state index < -0.39 is 5.97 Å². The molecule has 2 aromatic carbocycles. The number of hydrogen-bond donors (Lipinski definition) is 2. The number of rotatable bonds is 4. The molecule has 2 aromatic heterocycles. The number of carboxylic acid groups (broad SMARTS) is 1. The first kappa shape index (κ1) is 16.2. The molecule has 128 valence electrons. The van der Waals surface area contributed by atoms with E-state index in [0.29, 0.717) is 5.82 Å². The van der Waals surface area contributed by atoms with Crippen LogP contribution in [0.2, 0.25) is 0 Å². The van der Waals surface area contributed by atoms with Crippen LogP contribution in [-0.2, 0) is 0 Å². The summed E-state index contributed by atoms with van der Waals surface area (Å²) in [6, 6.07) is 15.1. The van der Waals surface area contributed by atoms with Gasteiger partial charge in [-0.3, -0.25) is 0 Å². The zero-order valence-electron chi connectivity index (χ0n) is 13.9. The Bertz CT molecular complexity index is 1110. The predicted molar refractivity (Wildman–Crippen MR) is 104 cm³/mol. The molecule has 0 radical (unpaired) electrons. The summed E-state index contributed by atoms with van der Waals surface area (Å²) >= 11 is 1.56. The minimum absolute atomic E-state index is 0.233. The Balaban J connectivity index is 1.84. The van der Waals surface area contributed by atoms with Gasteiger partial charge in [0.1, 0.15) is 17.0 Å². The van der Waals surface area contributed by atoms with Crippen LogP contribution in [0, 0.1) is 6.92 Å². The Labute approximate surface area is 154 Å². The number of aromatic carboxylic acids is 1. The third kappa shape index (κ3) is 2.91. The number of nitrogens with one attached hydrogen (secondary N) is 1. The van der Waals surface area contributed by atoms with Gasteiger partial charge in [0.15, 0.2) is 0 Å². The quantitative estimate of drug-likeness (QED) is 0.528. The highest BCUT2D eigenvalue weighted by Crippen LogP contribution is 2.37. The second kappa shape index (κ2) is 6.57. The molecule has 2 N–H and O–H groups in total. The van der Waals surface area contributed by atoms with E-state index in [0.717, 1.165) is 32.6 Å². The zero-order chi connectivity index (χ0) is 18.1. The van der Waals surface area contributed by atoms with Crippen LogP contribution in [0.25, 0.3) is 21.3 Å². The maximum absolute atomic E-state index is 11.3. The van der Waals surface area contributed by atoms with Crippen molar-refractivity contribution >= 4 is 39.0 Å². The van der Waals surface area contributed by atoms with Gasteiger partial charge in [-0.25, -0.2) is 14.8 Å². The van der Waals surface area contributed by atoms with Crippen molar-refractivity contribution in [1.29, 1.82) is 0 Å². The number of fused-ring (bicyclic) bond motifs is 1. The van der Waals surface area contributed by atoms with Crippen LogP contribution < -0.4 is 5.32 Å². The number of aryl methyl sites for hydroxylation is 1. The lowest BCUT2D eigenvalue weighted by molar-refractivity contribution is 0.0697. The number of thiophene rings is 1. The van der Waals surface area contributed by atoms with Crippen molar-refractivity contribution in [1.82, 2.24) is 9.97 Å². The highest BCUT2D eigenvalue weighted by Gasteiger charge is 2.14. The molecule has 26 heavy (non-hydrogen) atoms. The van der Waals surface area contributed by atoms with Crippen LogP contribution in [0.5, 0.6) is 0 Å². The molecule has 0 fully saturated rings. The average Bonchev–Trinajstić information content (AvgIpc) is 3.09. The van der Waals surface area contributed by atoms with Gasteiger partial charge in [0.05, 0.1) is 10.9 Å². The van der Waals surface area contributed by atoms with Gasteiger partial charge in [0.2, 0.25) is 0 Å². The van der Waals surface area contributed by atoms with Crippen LogP contribution >= 0.6 is 11.3 Å². The smallest absolute Gasteiger partial charge is 0.335 e. The van der Waals surface area contributed by atoms with E-state index in [9.17, 15) is 9.90 Å². The Kier molecular flexibility index (Phi) is 4.10. The van der Waals surface area contributed by atoms with Crippen molar-refractivity contribution in [3.8, 4) is 11.1 Å². The highest BCUT2D eigenvalue weighted by molar-refractivity contribution is 7.17. The number of benzene rings is 2. The molecule has 6 heteroatoms. The fourth-order valence-corrected chi connectivity index (χ4v) is 3.73. The van der Waals surface area contributed by atoms with Crippen molar-refractivity contribution in [3.05, 3.63) is 71.4 Å². The van der Waals surface area contributed by atoms with Crippen LogP contribution in [0.1, 0.15) is 15.9 Å². The fraction of sp³-hybridized carbons (Fsp3) is 0.0500. The van der Waals surface area contributed by atoms with Crippen molar-refractivity contribution in [2.75, 3.05) is 5.32 Å². The second-order valence-corrected chi connectivity index (χ2v) is 6.74. The minimum Gasteiger partial charge on any atom is -0.478 e. The number of nitrogens with zero attached hydrogens (tertiary/aromatic N) is 2. The van der Waals surface area contributed by atoms with E-state index in [1.807, 2.05) is 25.1 Å². The predicted octanol–water partition coefficient (Wildman–Crippen LogP) is 5.11. The molecule has 4 rings (SSSR count). The number of hydrogen-bond acceptors (Lipinski definition) is 5. The van der Waals surface area contributed by atoms with Crippen LogP contribution in [0.15, 0.2) is 60.2 Å². The molecule has 0 unspecified atom stereocenters. The molecule has 0 saturated carbocycles. The maximum atomic E-state index is 11.3. The van der Waals surface area contributed by atoms with E-state index in [1.165, 1.54) is 6.33 Å². The topological polar surface area (TPSA) is 75.1 Å². The van der Waals surface area contributed by atoms with Gasteiger partial charge in [-0.05, 0) is 30.2 Å². The first-order valence-electron chi connectivity index (χ1n) is 8.02. The average molecular weight is 361 g/mol. The molecule has 0 amide bonds. The normalized spacial score (nSPS) is 10.8. The summed E-state index contributed by atoms with van der Waals surface area (Å²) < 4.78 is 0. The lowest BCUT2D eigenvalue weighted by atomic mass is 10.1. The summed E-state index contributed by atoms with van der Waals surface area (Å²) in [6.45, 7) is 1.93. The number of carbonyl (C=O) groups is 1. The van der Waals surface area contributed by atoms with Gasteiger partial charge in [0.25, 0.3) is 0 Å². The van der Waals surface area contributed by atoms with Crippen LogP contribution in [0.3, 0.4) is 0 Å². The van der Waals surface area contributed by atoms with E-state index in [-0.39, 0.29) is 5.56 Å². The third-order valence-electron chi connectivity index (χ3n) is 4.19. The summed E-state index contributed by atoms with van der Waals surface area (Å²) in [6.07, 6.45) is 1.52. The molecule has 2 heterocycles. The Morgan fingerprint density at radius 1 is 1.12 bits per heavy atom. The van der Waals surface area contributed by atoms with Crippen LogP contribution in [0.4, 0.5) is 11.5 Å². The highest BCUT2D eigenvalue weighted by atomic mass is 32.1. The summed E-state index contributed by atoms with van der Waals surface area (Å²) in [7, 11) is 0. The number of anilines is 2. The Morgan fingerprint density at radius 3 is 2.69 bits per heavy atom. The summed E-state index contributed by atoms with van der Waals surface area (Å²) in [5.41, 5.74) is 4.04. The first-order chi connectivity index (χ1) is 12.6. The summed E-state index contributed by atoms with van der Waals surface area (Å²) in [5, 5.41) is 15.5. The second-order valence-electron chi connectivity index (χ2n) is 5.88. The van der Waals surface area contributed by atoms with Gasteiger partial charge in [-0.15, -0.1) is 11.3 Å². The van der Waals surface area contributed by atoms with Gasteiger partial charge in [0, 0.05) is 16.6 Å². The molecule has 0 aliphatic carbocycles. The van der Waals surface area contributed by atoms with Crippen molar-refractivity contribution in [2.45, 2.75) is 6.92 Å². The Morgan fingerprint density at radius 2 is 1.92 bits per heavy atom. The lowest BCUT2D eigenvalue weighted by Gasteiger charge is -2.11. The van der Waals surface area contributed by atoms with Gasteiger partial charge in [-0.1, -0.05) is 36.4 Å². The molecule has 0 atom stereocenters. The zero-order valence-corrected chi connectivity index (χ0v) is 14.7. The Hall–Kier alpha value is -3.25. The van der Waals surface area contributed by atoms with E-state index >= 15 is 0 Å². The van der Waals surface area contributed by atoms with Crippen molar-refractivity contribution in [2.24, 2.45) is 0 Å². The monoisotopic (exact) mass is 361 g/mol. The third-order valence-corrected chi connectivity index (χ3v) is 5.08. The molecule has 4 aromatic rings. The molecule has 0 spiro atoms. The standard InChI is InChI=1S/C20H15N3O2S/c1-12-7-8-14(20(24)25)9-16(12)23-18-17-15(13-5-3-2-4-6-13)10-26-19(17)22-11-21-18/h2-11H,1H3,(H,24,25)(H,21,22,23). The van der Waals surface area contributed by atoms with E-state index in [2.05, 4.69) is 32.8 Å². The van der Waals surface area contributed by atoms with Crippen molar-refractivity contribution in [3.63, 3.8) is 0 Å². The first-order valence-corrected chi connectivity index (χ1v) is 8.90. The van der Waals surface area contributed by atoms with Crippen LogP contribution in [-0.4, -0.2) is 21.0 Å². The SMILES string of the molecule is Cc1ccc(C(=O)O)cc1Nc1ncnc2scc(-c3ccccc3)c12. The molecule has 0 bridgehead atoms. The largest absolute Gasteiger partial charge is 0.478 e. The summed E-state index contributed by atoms with van der Waals surface area (Å²) in [5.74, 6) is -0.290. The van der Waals surface area contributed by atoms with Crippen molar-refractivity contribution < 1.29 is 9.90 Å². The van der Waals surface area contributed by atoms with Gasteiger partial charge >= 0.3 is 5.97 Å².